The zero-order valence-electron chi connectivity index (χ0n) is 22.0. The number of hydrogen-bond donors (Lipinski definition) is 3. The fourth-order valence-corrected chi connectivity index (χ4v) is 4.23. The molecule has 1 fully saturated rings. The van der Waals surface area contributed by atoms with E-state index in [0.717, 1.165) is 42.1 Å². The van der Waals surface area contributed by atoms with Crippen molar-refractivity contribution in [2.24, 2.45) is 11.8 Å². The zero-order chi connectivity index (χ0) is 26.1. The first kappa shape index (κ1) is 27.4. The number of anilines is 2. The van der Waals surface area contributed by atoms with Crippen molar-refractivity contribution in [2.75, 3.05) is 30.3 Å². The SMILES string of the molecule is CC(C)C(=O)Nc1cccc([C@@H](CN2CCCC2)NC(=O)CCc2ccccc2NC(=O)C(C)C)c1. The number of benzene rings is 2. The van der Waals surface area contributed by atoms with Crippen LogP contribution in [0.25, 0.3) is 0 Å². The molecule has 1 saturated heterocycles. The second-order valence-corrected chi connectivity index (χ2v) is 10.2. The average Bonchev–Trinajstić information content (AvgIpc) is 3.36. The van der Waals surface area contributed by atoms with Crippen LogP contribution >= 0.6 is 0 Å². The zero-order valence-corrected chi connectivity index (χ0v) is 22.0. The third-order valence-electron chi connectivity index (χ3n) is 6.48. The molecule has 0 unspecified atom stereocenters. The van der Waals surface area contributed by atoms with Gasteiger partial charge in [0.2, 0.25) is 17.7 Å². The minimum Gasteiger partial charge on any atom is -0.348 e. The van der Waals surface area contributed by atoms with E-state index in [9.17, 15) is 14.4 Å². The predicted molar refractivity (Wildman–Crippen MR) is 145 cm³/mol. The molecule has 0 bridgehead atoms. The van der Waals surface area contributed by atoms with Gasteiger partial charge in [-0.2, -0.15) is 0 Å². The molecule has 0 radical (unpaired) electrons. The molecule has 7 heteroatoms. The molecule has 0 saturated carbocycles. The van der Waals surface area contributed by atoms with Gasteiger partial charge in [-0.1, -0.05) is 58.0 Å². The summed E-state index contributed by atoms with van der Waals surface area (Å²) < 4.78 is 0. The third-order valence-corrected chi connectivity index (χ3v) is 6.48. The van der Waals surface area contributed by atoms with Gasteiger partial charge in [-0.05, 0) is 61.7 Å². The molecule has 0 spiro atoms. The van der Waals surface area contributed by atoms with Crippen LogP contribution in [0.4, 0.5) is 11.4 Å². The fraction of sp³-hybridized carbons (Fsp3) is 0.483. The highest BCUT2D eigenvalue weighted by molar-refractivity contribution is 5.93. The van der Waals surface area contributed by atoms with Gasteiger partial charge >= 0.3 is 0 Å². The normalized spacial score (nSPS) is 14.6. The Morgan fingerprint density at radius 2 is 1.53 bits per heavy atom. The lowest BCUT2D eigenvalue weighted by Crippen LogP contribution is -2.37. The van der Waals surface area contributed by atoms with Crippen molar-refractivity contribution in [1.29, 1.82) is 0 Å². The highest BCUT2D eigenvalue weighted by Gasteiger charge is 2.22. The molecule has 1 aliphatic heterocycles. The number of amides is 3. The molecule has 194 valence electrons. The largest absolute Gasteiger partial charge is 0.348 e. The molecule has 2 aromatic carbocycles. The Morgan fingerprint density at radius 3 is 2.22 bits per heavy atom. The molecule has 0 aromatic heterocycles. The number of carbonyl (C=O) groups is 3. The first-order valence-electron chi connectivity index (χ1n) is 13.0. The number of aryl methyl sites for hydroxylation is 1. The summed E-state index contributed by atoms with van der Waals surface area (Å²) in [6.07, 6.45) is 3.18. The maximum absolute atomic E-state index is 13.1. The van der Waals surface area contributed by atoms with E-state index in [2.05, 4.69) is 20.9 Å². The molecular weight excluding hydrogens is 452 g/mol. The number of rotatable bonds is 11. The van der Waals surface area contributed by atoms with E-state index in [-0.39, 0.29) is 35.6 Å². The number of nitrogens with zero attached hydrogens (tertiary/aromatic N) is 1. The van der Waals surface area contributed by atoms with E-state index in [4.69, 9.17) is 0 Å². The van der Waals surface area contributed by atoms with Crippen LogP contribution in [0.15, 0.2) is 48.5 Å². The van der Waals surface area contributed by atoms with Gasteiger partial charge in [0.05, 0.1) is 6.04 Å². The molecule has 3 amide bonds. The van der Waals surface area contributed by atoms with Crippen molar-refractivity contribution in [3.63, 3.8) is 0 Å². The lowest BCUT2D eigenvalue weighted by atomic mass is 10.0. The number of nitrogens with one attached hydrogen (secondary N) is 3. The minimum atomic E-state index is -0.178. The fourth-order valence-electron chi connectivity index (χ4n) is 4.23. The van der Waals surface area contributed by atoms with Gasteiger partial charge in [0.15, 0.2) is 0 Å². The van der Waals surface area contributed by atoms with Crippen molar-refractivity contribution in [3.8, 4) is 0 Å². The summed E-state index contributed by atoms with van der Waals surface area (Å²) in [4.78, 5) is 39.8. The van der Waals surface area contributed by atoms with Crippen LogP contribution in [0.2, 0.25) is 0 Å². The summed E-state index contributed by atoms with van der Waals surface area (Å²) in [6.45, 7) is 10.2. The van der Waals surface area contributed by atoms with E-state index in [1.165, 1.54) is 12.8 Å². The van der Waals surface area contributed by atoms with Gasteiger partial charge in [-0.3, -0.25) is 14.4 Å². The van der Waals surface area contributed by atoms with Gasteiger partial charge in [0, 0.05) is 36.2 Å². The van der Waals surface area contributed by atoms with Crippen molar-refractivity contribution in [2.45, 2.75) is 59.4 Å². The van der Waals surface area contributed by atoms with Crippen molar-refractivity contribution in [1.82, 2.24) is 10.2 Å². The van der Waals surface area contributed by atoms with Gasteiger partial charge in [-0.25, -0.2) is 0 Å². The quantitative estimate of drug-likeness (QED) is 0.422. The summed E-state index contributed by atoms with van der Waals surface area (Å²) in [5.74, 6) is -0.339. The summed E-state index contributed by atoms with van der Waals surface area (Å²) in [5.41, 5.74) is 3.41. The Hall–Kier alpha value is -3.19. The maximum atomic E-state index is 13.1. The number of carbonyl (C=O) groups excluding carboxylic acids is 3. The Morgan fingerprint density at radius 1 is 0.861 bits per heavy atom. The topological polar surface area (TPSA) is 90.5 Å². The number of likely N-dealkylation sites (tertiary alicyclic amines) is 1. The summed E-state index contributed by atoms with van der Waals surface area (Å²) in [7, 11) is 0. The average molecular weight is 493 g/mol. The Balaban J connectivity index is 1.69. The van der Waals surface area contributed by atoms with Gasteiger partial charge < -0.3 is 20.9 Å². The summed E-state index contributed by atoms with van der Waals surface area (Å²) >= 11 is 0. The van der Waals surface area contributed by atoms with Crippen LogP contribution in [0.3, 0.4) is 0 Å². The second-order valence-electron chi connectivity index (χ2n) is 10.2. The predicted octanol–water partition coefficient (Wildman–Crippen LogP) is 4.76. The molecule has 1 heterocycles. The second kappa shape index (κ2) is 13.2. The third kappa shape index (κ3) is 8.19. The van der Waals surface area contributed by atoms with E-state index in [0.29, 0.717) is 12.8 Å². The Bertz CT molecular complexity index is 1040. The lowest BCUT2D eigenvalue weighted by Gasteiger charge is -2.25. The first-order chi connectivity index (χ1) is 17.2. The van der Waals surface area contributed by atoms with Crippen molar-refractivity contribution in [3.05, 3.63) is 59.7 Å². The van der Waals surface area contributed by atoms with E-state index < -0.39 is 0 Å². The molecular formula is C29H40N4O3. The molecule has 0 aliphatic carbocycles. The highest BCUT2D eigenvalue weighted by Crippen LogP contribution is 2.23. The molecule has 7 nitrogen and oxygen atoms in total. The van der Waals surface area contributed by atoms with Crippen LogP contribution in [0.1, 0.15) is 64.1 Å². The number of hydrogen-bond acceptors (Lipinski definition) is 4. The monoisotopic (exact) mass is 492 g/mol. The molecule has 3 rings (SSSR count). The van der Waals surface area contributed by atoms with Crippen molar-refractivity contribution < 1.29 is 14.4 Å². The van der Waals surface area contributed by atoms with Gasteiger partial charge in [0.1, 0.15) is 0 Å². The summed E-state index contributed by atoms with van der Waals surface area (Å²) in [5, 5.41) is 9.16. The van der Waals surface area contributed by atoms with E-state index in [1.807, 2.05) is 76.2 Å². The van der Waals surface area contributed by atoms with Crippen LogP contribution in [-0.4, -0.2) is 42.3 Å². The van der Waals surface area contributed by atoms with E-state index in [1.54, 1.807) is 0 Å². The Labute approximate surface area is 215 Å². The summed E-state index contributed by atoms with van der Waals surface area (Å²) in [6, 6.07) is 15.2. The van der Waals surface area contributed by atoms with E-state index >= 15 is 0 Å². The molecule has 2 aromatic rings. The molecule has 1 aliphatic rings. The number of para-hydroxylation sites is 1. The molecule has 1 atom stereocenters. The van der Waals surface area contributed by atoms with Crippen LogP contribution < -0.4 is 16.0 Å². The minimum absolute atomic E-state index is 0.0319. The van der Waals surface area contributed by atoms with Crippen LogP contribution in [0.5, 0.6) is 0 Å². The highest BCUT2D eigenvalue weighted by atomic mass is 16.2. The van der Waals surface area contributed by atoms with Crippen molar-refractivity contribution >= 4 is 29.1 Å². The van der Waals surface area contributed by atoms with Crippen LogP contribution in [0, 0.1) is 11.8 Å². The lowest BCUT2D eigenvalue weighted by molar-refractivity contribution is -0.122. The first-order valence-corrected chi connectivity index (χ1v) is 13.0. The maximum Gasteiger partial charge on any atom is 0.226 e. The molecule has 36 heavy (non-hydrogen) atoms. The smallest absolute Gasteiger partial charge is 0.226 e. The molecule has 3 N–H and O–H groups in total. The van der Waals surface area contributed by atoms with Gasteiger partial charge in [0.25, 0.3) is 0 Å². The van der Waals surface area contributed by atoms with Gasteiger partial charge in [-0.15, -0.1) is 0 Å². The Kier molecular flexibility index (Phi) is 10.1. The van der Waals surface area contributed by atoms with Crippen LogP contribution in [-0.2, 0) is 20.8 Å². The standard InChI is InChI=1S/C29H40N4O3/c1-20(2)28(35)30-24-12-9-11-23(18-24)26(19-33-16-7-8-17-33)31-27(34)15-14-22-10-5-6-13-25(22)32-29(36)21(3)4/h5-6,9-13,18,20-21,26H,7-8,14-17,19H2,1-4H3,(H,30,35)(H,31,34)(H,32,36)/t26-/m1/s1.